The highest BCUT2D eigenvalue weighted by atomic mass is 19.1. The van der Waals surface area contributed by atoms with Crippen molar-refractivity contribution in [2.75, 3.05) is 14.2 Å². The fourth-order valence-electron chi connectivity index (χ4n) is 1.57. The minimum absolute atomic E-state index is 0.117. The number of hydrogen-bond acceptors (Lipinski definition) is 3. The first kappa shape index (κ1) is 12.5. The molecule has 0 saturated heterocycles. The minimum atomic E-state index is -0.446. The Labute approximate surface area is 94.2 Å². The van der Waals surface area contributed by atoms with Crippen molar-refractivity contribution < 1.29 is 18.7 Å². The Morgan fingerprint density at radius 3 is 2.50 bits per heavy atom. The summed E-state index contributed by atoms with van der Waals surface area (Å²) in [5.41, 5.74) is 0.850. The number of methoxy groups -OCH3 is 2. The van der Waals surface area contributed by atoms with Crippen molar-refractivity contribution in [2.24, 2.45) is 0 Å². The molecule has 0 N–H and O–H groups in total. The van der Waals surface area contributed by atoms with E-state index in [1.165, 1.54) is 20.3 Å². The van der Waals surface area contributed by atoms with Crippen LogP contribution in [-0.4, -0.2) is 20.5 Å². The number of aldehydes is 1. The third-order valence-corrected chi connectivity index (χ3v) is 2.32. The Bertz CT molecular complexity index is 364. The van der Waals surface area contributed by atoms with Gasteiger partial charge in [-0.25, -0.2) is 4.39 Å². The molecule has 0 fully saturated rings. The largest absolute Gasteiger partial charge is 0.492 e. The Kier molecular flexibility index (Phi) is 4.76. The van der Waals surface area contributed by atoms with E-state index in [0.29, 0.717) is 25.0 Å². The fraction of sp³-hybridized carbons (Fsp3) is 0.417. The van der Waals surface area contributed by atoms with E-state index in [-0.39, 0.29) is 5.75 Å². The van der Waals surface area contributed by atoms with Gasteiger partial charge in [-0.1, -0.05) is 6.07 Å². The van der Waals surface area contributed by atoms with Crippen LogP contribution in [-0.2, 0) is 11.2 Å². The van der Waals surface area contributed by atoms with Crippen molar-refractivity contribution in [2.45, 2.75) is 19.3 Å². The van der Waals surface area contributed by atoms with Gasteiger partial charge in [0.25, 0.3) is 0 Å². The van der Waals surface area contributed by atoms with Gasteiger partial charge in [-0.15, -0.1) is 0 Å². The van der Waals surface area contributed by atoms with E-state index in [1.54, 1.807) is 6.07 Å². The number of ether oxygens (including phenoxy) is 2. The summed E-state index contributed by atoms with van der Waals surface area (Å²) >= 11 is 0. The van der Waals surface area contributed by atoms with Crippen LogP contribution in [0.2, 0.25) is 0 Å². The molecule has 1 aromatic carbocycles. The number of carbonyl (C=O) groups is 1. The van der Waals surface area contributed by atoms with Gasteiger partial charge in [0.05, 0.1) is 14.2 Å². The van der Waals surface area contributed by atoms with Gasteiger partial charge in [0.1, 0.15) is 6.29 Å². The molecule has 3 nitrogen and oxygen atoms in total. The second-order valence-electron chi connectivity index (χ2n) is 3.33. The molecular formula is C12H15FO3. The SMILES string of the molecule is COc1c(F)ccc(CCCC=O)c1OC. The smallest absolute Gasteiger partial charge is 0.197 e. The molecule has 0 radical (unpaired) electrons. The van der Waals surface area contributed by atoms with Gasteiger partial charge in [0.15, 0.2) is 17.3 Å². The second kappa shape index (κ2) is 6.10. The predicted molar refractivity (Wildman–Crippen MR) is 58.5 cm³/mol. The molecule has 0 aliphatic heterocycles. The van der Waals surface area contributed by atoms with Gasteiger partial charge in [0, 0.05) is 6.42 Å². The maximum atomic E-state index is 13.3. The third kappa shape index (κ3) is 2.72. The molecule has 4 heteroatoms. The lowest BCUT2D eigenvalue weighted by Crippen LogP contribution is -1.99. The molecule has 0 atom stereocenters. The Balaban J connectivity index is 2.95. The lowest BCUT2D eigenvalue weighted by Gasteiger charge is -2.12. The monoisotopic (exact) mass is 226 g/mol. The van der Waals surface area contributed by atoms with E-state index in [1.807, 2.05) is 0 Å². The van der Waals surface area contributed by atoms with E-state index in [9.17, 15) is 9.18 Å². The Hall–Kier alpha value is -1.58. The second-order valence-corrected chi connectivity index (χ2v) is 3.33. The van der Waals surface area contributed by atoms with E-state index in [4.69, 9.17) is 9.47 Å². The number of hydrogen-bond donors (Lipinski definition) is 0. The molecule has 88 valence electrons. The van der Waals surface area contributed by atoms with Gasteiger partial charge in [-0.2, -0.15) is 0 Å². The first-order valence-corrected chi connectivity index (χ1v) is 5.07. The summed E-state index contributed by atoms with van der Waals surface area (Å²) in [6.45, 7) is 0. The van der Waals surface area contributed by atoms with Crippen LogP contribution in [0.5, 0.6) is 11.5 Å². The molecule has 0 aromatic heterocycles. The number of halogens is 1. The van der Waals surface area contributed by atoms with Crippen LogP contribution in [0.3, 0.4) is 0 Å². The highest BCUT2D eigenvalue weighted by Gasteiger charge is 2.14. The third-order valence-electron chi connectivity index (χ3n) is 2.32. The lowest BCUT2D eigenvalue weighted by molar-refractivity contribution is -0.107. The van der Waals surface area contributed by atoms with Crippen LogP contribution >= 0.6 is 0 Å². The average molecular weight is 226 g/mol. The van der Waals surface area contributed by atoms with Gasteiger partial charge in [-0.3, -0.25) is 0 Å². The molecular weight excluding hydrogens is 211 g/mol. The normalized spacial score (nSPS) is 9.94. The molecule has 0 aliphatic rings. The summed E-state index contributed by atoms with van der Waals surface area (Å²) in [6.07, 6.45) is 2.74. The maximum absolute atomic E-state index is 13.3. The zero-order chi connectivity index (χ0) is 12.0. The Morgan fingerprint density at radius 1 is 1.25 bits per heavy atom. The van der Waals surface area contributed by atoms with Crippen LogP contribution in [0, 0.1) is 5.82 Å². The zero-order valence-corrected chi connectivity index (χ0v) is 9.46. The van der Waals surface area contributed by atoms with Crippen molar-refractivity contribution in [1.82, 2.24) is 0 Å². The van der Waals surface area contributed by atoms with Crippen molar-refractivity contribution in [3.63, 3.8) is 0 Å². The number of rotatable bonds is 6. The van der Waals surface area contributed by atoms with E-state index in [0.717, 1.165) is 11.8 Å². The highest BCUT2D eigenvalue weighted by Crippen LogP contribution is 2.34. The highest BCUT2D eigenvalue weighted by molar-refractivity contribution is 5.50. The molecule has 0 bridgehead atoms. The van der Waals surface area contributed by atoms with Gasteiger partial charge < -0.3 is 14.3 Å². The number of unbranched alkanes of at least 4 members (excludes halogenated alkanes) is 1. The molecule has 1 aromatic rings. The van der Waals surface area contributed by atoms with E-state index in [2.05, 4.69) is 0 Å². The Morgan fingerprint density at radius 2 is 1.94 bits per heavy atom. The van der Waals surface area contributed by atoms with Crippen LogP contribution in [0.15, 0.2) is 12.1 Å². The minimum Gasteiger partial charge on any atom is -0.492 e. The standard InChI is InChI=1S/C12H15FO3/c1-15-11-9(5-3-4-8-14)6-7-10(13)12(11)16-2/h6-8H,3-5H2,1-2H3. The summed E-state index contributed by atoms with van der Waals surface area (Å²) in [5, 5.41) is 0. The van der Waals surface area contributed by atoms with Crippen LogP contribution in [0.1, 0.15) is 18.4 Å². The van der Waals surface area contributed by atoms with E-state index >= 15 is 0 Å². The summed E-state index contributed by atoms with van der Waals surface area (Å²) in [7, 11) is 2.87. The lowest BCUT2D eigenvalue weighted by atomic mass is 10.1. The van der Waals surface area contributed by atoms with Crippen molar-refractivity contribution in [3.8, 4) is 11.5 Å². The van der Waals surface area contributed by atoms with Crippen LogP contribution < -0.4 is 9.47 Å². The van der Waals surface area contributed by atoms with Crippen molar-refractivity contribution >= 4 is 6.29 Å². The quantitative estimate of drug-likeness (QED) is 0.551. The molecule has 0 spiro atoms. The number of benzene rings is 1. The van der Waals surface area contributed by atoms with Crippen molar-refractivity contribution in [1.29, 1.82) is 0 Å². The molecule has 1 rings (SSSR count). The molecule has 0 heterocycles. The molecule has 16 heavy (non-hydrogen) atoms. The zero-order valence-electron chi connectivity index (χ0n) is 9.46. The first-order chi connectivity index (χ1) is 7.74. The van der Waals surface area contributed by atoms with E-state index < -0.39 is 5.82 Å². The topological polar surface area (TPSA) is 35.5 Å². The van der Waals surface area contributed by atoms with Gasteiger partial charge >= 0.3 is 0 Å². The predicted octanol–water partition coefficient (Wildman–Crippen LogP) is 2.36. The first-order valence-electron chi connectivity index (χ1n) is 5.07. The number of carbonyl (C=O) groups excluding carboxylic acids is 1. The fourth-order valence-corrected chi connectivity index (χ4v) is 1.57. The maximum Gasteiger partial charge on any atom is 0.197 e. The summed E-state index contributed by atoms with van der Waals surface area (Å²) in [5.74, 6) is 0.0815. The summed E-state index contributed by atoms with van der Waals surface area (Å²) in [6, 6.07) is 3.00. The van der Waals surface area contributed by atoms with Crippen molar-refractivity contribution in [3.05, 3.63) is 23.5 Å². The molecule has 0 unspecified atom stereocenters. The summed E-state index contributed by atoms with van der Waals surface area (Å²) in [4.78, 5) is 10.2. The average Bonchev–Trinajstić information content (AvgIpc) is 2.30. The van der Waals surface area contributed by atoms with Crippen LogP contribution in [0.25, 0.3) is 0 Å². The molecule has 0 aliphatic carbocycles. The van der Waals surface area contributed by atoms with Gasteiger partial charge in [-0.05, 0) is 24.5 Å². The molecule has 0 saturated carbocycles. The van der Waals surface area contributed by atoms with Crippen LogP contribution in [0.4, 0.5) is 4.39 Å². The van der Waals surface area contributed by atoms with Gasteiger partial charge in [0.2, 0.25) is 0 Å². The summed E-state index contributed by atoms with van der Waals surface area (Å²) < 4.78 is 23.4. The number of aryl methyl sites for hydroxylation is 1. The molecule has 0 amide bonds.